The van der Waals surface area contributed by atoms with E-state index in [1.54, 1.807) is 61.0 Å². The van der Waals surface area contributed by atoms with Crippen molar-refractivity contribution in [3.63, 3.8) is 0 Å². The van der Waals surface area contributed by atoms with Crippen molar-refractivity contribution in [1.29, 1.82) is 0 Å². The molecule has 2 heterocycles. The molecule has 0 saturated carbocycles. The molecule has 0 fully saturated rings. The number of aromatic hydroxyl groups is 4. The highest BCUT2D eigenvalue weighted by Gasteiger charge is 2.39. The lowest BCUT2D eigenvalue weighted by Crippen LogP contribution is -2.14. The molecule has 0 radical (unpaired) electrons. The van der Waals surface area contributed by atoms with Crippen LogP contribution in [0.1, 0.15) is 218 Å². The first kappa shape index (κ1) is 113. The van der Waals surface area contributed by atoms with Gasteiger partial charge < -0.3 is 52.3 Å². The number of aliphatic imine (C=N–C) groups is 4. The molecular formula is C118H126F12N12O4. The maximum atomic E-state index is 13.0. The van der Waals surface area contributed by atoms with E-state index in [0.29, 0.717) is 87.2 Å². The Hall–Kier alpha value is -15.2. The molecule has 0 aliphatic carbocycles. The number of phenols is 4. The first-order valence-corrected chi connectivity index (χ1v) is 48.3. The second kappa shape index (κ2) is 55.6. The van der Waals surface area contributed by atoms with E-state index in [4.69, 9.17) is 4.98 Å². The number of aromatic nitrogens is 2. The topological polar surface area (TPSA) is 228 Å². The van der Waals surface area contributed by atoms with E-state index < -0.39 is 58.3 Å². The molecule has 28 heteroatoms. The summed E-state index contributed by atoms with van der Waals surface area (Å²) in [6.07, 6.45) is -13.1. The van der Waals surface area contributed by atoms with Gasteiger partial charge in [-0.3, -0.25) is 29.9 Å². The molecule has 0 aliphatic heterocycles. The Morgan fingerprint density at radius 3 is 0.904 bits per heavy atom. The van der Waals surface area contributed by atoms with Crippen LogP contribution in [0.5, 0.6) is 23.0 Å². The second-order valence-corrected chi connectivity index (χ2v) is 35.8. The molecule has 12 aromatic carbocycles. The number of anilines is 6. The lowest BCUT2D eigenvalue weighted by Gasteiger charge is -2.22. The van der Waals surface area contributed by atoms with Crippen molar-refractivity contribution in [2.24, 2.45) is 20.0 Å². The molecule has 0 atom stereocenters. The van der Waals surface area contributed by atoms with Crippen LogP contribution in [-0.2, 0) is 63.7 Å². The monoisotopic (exact) mass is 2000 g/mol. The lowest BCUT2D eigenvalue weighted by atomic mass is 9.92. The first-order valence-electron chi connectivity index (χ1n) is 48.3. The largest absolute Gasteiger partial charge is 0.507 e. The van der Waals surface area contributed by atoms with Gasteiger partial charge in [-0.15, -0.1) is 0 Å². The molecule has 0 saturated heterocycles. The lowest BCUT2D eigenvalue weighted by molar-refractivity contribution is -0.144. The minimum Gasteiger partial charge on any atom is -0.507 e. The summed E-state index contributed by atoms with van der Waals surface area (Å²) < 4.78 is 156. The Morgan fingerprint density at radius 2 is 0.589 bits per heavy atom. The van der Waals surface area contributed by atoms with E-state index in [1.807, 2.05) is 62.4 Å². The average molecular weight is 2000 g/mol. The Labute approximate surface area is 847 Å². The molecule has 2 aromatic heterocycles. The van der Waals surface area contributed by atoms with Crippen molar-refractivity contribution in [1.82, 2.24) is 9.97 Å². The van der Waals surface area contributed by atoms with Gasteiger partial charge in [0.25, 0.3) is 0 Å². The number of hydrogen-bond acceptors (Lipinski definition) is 16. The third-order valence-corrected chi connectivity index (χ3v) is 23.3. The number of nitrogens with zero attached hydrogens (tertiary/aromatic N) is 6. The molecule has 146 heavy (non-hydrogen) atoms. The summed E-state index contributed by atoms with van der Waals surface area (Å²) >= 11 is 0. The van der Waals surface area contributed by atoms with Gasteiger partial charge in [0, 0.05) is 106 Å². The summed E-state index contributed by atoms with van der Waals surface area (Å²) in [6, 6.07) is 92.4. The van der Waals surface area contributed by atoms with E-state index in [1.165, 1.54) is 74.1 Å². The zero-order chi connectivity index (χ0) is 105. The maximum Gasteiger partial charge on any atom is 0.416 e. The Balaban J connectivity index is 0.000000190. The van der Waals surface area contributed by atoms with Crippen LogP contribution in [0.2, 0.25) is 0 Å². The molecule has 14 rings (SSSR count). The Kier molecular flexibility index (Phi) is 42.9. The van der Waals surface area contributed by atoms with Gasteiger partial charge in [-0.05, 0) is 229 Å². The molecule has 0 spiro atoms. The number of benzene rings is 12. The fraction of sp³-hybridized carbons (Fsp3) is 0.271. The van der Waals surface area contributed by atoms with Gasteiger partial charge in [0.2, 0.25) is 0 Å². The summed E-state index contributed by atoms with van der Waals surface area (Å²) in [7, 11) is 0. The van der Waals surface area contributed by atoms with Crippen LogP contribution in [-0.4, -0.2) is 93.5 Å². The molecule has 16 nitrogen and oxygen atoms in total. The summed E-state index contributed by atoms with van der Waals surface area (Å²) in [6.45, 7) is 27.0. The summed E-state index contributed by atoms with van der Waals surface area (Å²) in [5, 5.41) is 58.2. The molecule has 0 aliphatic rings. The van der Waals surface area contributed by atoms with Crippen LogP contribution in [0.3, 0.4) is 0 Å². The van der Waals surface area contributed by atoms with E-state index >= 15 is 0 Å². The van der Waals surface area contributed by atoms with Gasteiger partial charge in [0.1, 0.15) is 23.0 Å². The SMILES string of the molecule is CC(=NCCN=C(C)c1ccccc1O)c1ccccc1O.CC(C)c1cccc(C(C)C)c1NCCCNc1c(C(C)C)cccc1C(C)C.FC(F)(F)c1cc(NCc2cccc(CNc3cc(C(F)(F)F)cc(C(F)(F)F)c3)n2)cc(C(F)(F)F)c1.Oc1ccccc1C=NCCCN=Cc1ccccc1O.c1ccc(Cc2ccccc2NCc2cccc(CNc3ccccc3Cc3ccccc3)n2)cc1. The molecule has 766 valence electrons. The second-order valence-electron chi connectivity index (χ2n) is 35.8. The van der Waals surface area contributed by atoms with Crippen LogP contribution in [0.25, 0.3) is 0 Å². The molecule has 0 bridgehead atoms. The summed E-state index contributed by atoms with van der Waals surface area (Å²) in [5.41, 5.74) is 15.6. The third kappa shape index (κ3) is 36.6. The van der Waals surface area contributed by atoms with E-state index in [-0.39, 0.29) is 59.6 Å². The van der Waals surface area contributed by atoms with Gasteiger partial charge in [0.05, 0.1) is 84.3 Å². The number of pyridine rings is 2. The smallest absolute Gasteiger partial charge is 0.416 e. The van der Waals surface area contributed by atoms with E-state index in [9.17, 15) is 73.1 Å². The zero-order valence-electron chi connectivity index (χ0n) is 83.4. The van der Waals surface area contributed by atoms with Gasteiger partial charge in [-0.1, -0.05) is 250 Å². The van der Waals surface area contributed by atoms with Crippen molar-refractivity contribution in [3.05, 3.63) is 427 Å². The predicted molar refractivity (Wildman–Crippen MR) is 569 cm³/mol. The number of alkyl halides is 12. The van der Waals surface area contributed by atoms with Crippen molar-refractivity contribution in [2.45, 2.75) is 169 Å². The molecule has 10 N–H and O–H groups in total. The first-order chi connectivity index (χ1) is 69.7. The van der Waals surface area contributed by atoms with Crippen LogP contribution >= 0.6 is 0 Å². The molecule has 0 unspecified atom stereocenters. The quantitative estimate of drug-likeness (QED) is 0.00997. The van der Waals surface area contributed by atoms with Gasteiger partial charge >= 0.3 is 24.7 Å². The Morgan fingerprint density at radius 1 is 0.301 bits per heavy atom. The molecule has 14 aromatic rings. The fourth-order valence-corrected chi connectivity index (χ4v) is 15.6. The average Bonchev–Trinajstić information content (AvgIpc) is 0.807. The minimum atomic E-state index is -5.04. The predicted octanol–water partition coefficient (Wildman–Crippen LogP) is 30.4. The van der Waals surface area contributed by atoms with E-state index in [0.717, 1.165) is 95.2 Å². The summed E-state index contributed by atoms with van der Waals surface area (Å²) in [5.74, 6) is 3.05. The maximum absolute atomic E-state index is 13.0. The van der Waals surface area contributed by atoms with Gasteiger partial charge in [-0.25, -0.2) is 0 Å². The van der Waals surface area contributed by atoms with Crippen LogP contribution in [0.4, 0.5) is 86.8 Å². The number of halogens is 12. The number of rotatable bonds is 37. The van der Waals surface area contributed by atoms with Crippen molar-refractivity contribution < 1.29 is 73.1 Å². The van der Waals surface area contributed by atoms with Crippen molar-refractivity contribution in [2.75, 3.05) is 71.2 Å². The minimum absolute atomic E-state index is 0.0340. The highest BCUT2D eigenvalue weighted by Crippen LogP contribution is 2.42. The highest BCUT2D eigenvalue weighted by atomic mass is 19.4. The van der Waals surface area contributed by atoms with Gasteiger partial charge in [0.15, 0.2) is 0 Å². The summed E-state index contributed by atoms with van der Waals surface area (Å²) in [4.78, 5) is 26.4. The number of para-hydroxylation sites is 8. The van der Waals surface area contributed by atoms with Crippen LogP contribution in [0, 0.1) is 0 Å². The van der Waals surface area contributed by atoms with Crippen LogP contribution in [0.15, 0.2) is 335 Å². The van der Waals surface area contributed by atoms with Crippen LogP contribution < -0.4 is 31.9 Å². The normalized spacial score (nSPS) is 11.8. The number of hydrogen-bond donors (Lipinski definition) is 10. The fourth-order valence-electron chi connectivity index (χ4n) is 15.6. The van der Waals surface area contributed by atoms with Gasteiger partial charge in [-0.2, -0.15) is 52.7 Å². The Bertz CT molecular complexity index is 6090. The van der Waals surface area contributed by atoms with E-state index in [2.05, 4.69) is 276 Å². The standard InChI is InChI=1S/C33H31N3.C27H42N2.C23H15F12N3.C18H20N2O2.C17H18N2O2/c1-3-12-26(13-4-1)22-28-16-7-9-20-32(28)34-24-30-18-11-19-31(36-30)25-35-33-21-10-8-17-29(33)23-27-14-5-2-6-15-27;1-18(2)22-12-9-13-23(19(3)4)26(22)28-16-11-17-29-27-24(20(5)6)14-10-15-25(27)21(7)8;24-20(25,26)12-4-13(21(27,28)29)7-18(6-12)36-10-16-2-1-3-17(38-16)11-37-19-8-14(22(30,31)32)5-15(9-19)23(33,34)35;1-13(15-7-3-5-9-17(15)21)19-11-12-20-14(2)16-8-4-6-10-18(16)22;20-16-8-3-1-6-14(16)12-18-10-5-11-19-13-15-7-2-4-9-17(15)21/h1-21,34-35H,22-25H2;9-10,12-15,18-21,28-29H,11,16-17H2,1-8H3;1-9,36-37H,10-11H2;3-10,21-22H,11-12H2,1-2H3;1-4,6-9,12-13,20-21H,5,10-11H2. The highest BCUT2D eigenvalue weighted by molar-refractivity contribution is 6.02. The number of phenolic OH excluding ortho intramolecular Hbond substituents is 4. The zero-order valence-corrected chi connectivity index (χ0v) is 83.4. The number of nitrogens with one attached hydrogen (secondary N) is 6. The molecule has 0 amide bonds. The van der Waals surface area contributed by atoms with Crippen molar-refractivity contribution >= 4 is 58.0 Å². The third-order valence-electron chi connectivity index (χ3n) is 23.3. The van der Waals surface area contributed by atoms with Crippen molar-refractivity contribution in [3.8, 4) is 23.0 Å². The molecular weight excluding hydrogens is 1880 g/mol.